The van der Waals surface area contributed by atoms with Gasteiger partial charge in [-0.3, -0.25) is 18.7 Å². The van der Waals surface area contributed by atoms with Gasteiger partial charge in [-0.2, -0.15) is 5.26 Å². The van der Waals surface area contributed by atoms with E-state index in [1.807, 2.05) is 6.07 Å². The molecule has 0 aliphatic carbocycles. The van der Waals surface area contributed by atoms with Crippen molar-refractivity contribution in [3.05, 3.63) is 103 Å². The van der Waals surface area contributed by atoms with Crippen molar-refractivity contribution < 1.29 is 14.3 Å². The van der Waals surface area contributed by atoms with Crippen molar-refractivity contribution in [1.29, 1.82) is 5.26 Å². The molecule has 172 valence electrons. The van der Waals surface area contributed by atoms with Gasteiger partial charge in [0, 0.05) is 6.54 Å². The van der Waals surface area contributed by atoms with Crippen LogP contribution in [-0.2, 0) is 17.8 Å². The smallest absolute Gasteiger partial charge is 0.337 e. The van der Waals surface area contributed by atoms with Crippen molar-refractivity contribution in [2.24, 2.45) is 0 Å². The van der Waals surface area contributed by atoms with Gasteiger partial charge in [0.15, 0.2) is 0 Å². The second kappa shape index (κ2) is 10.3. The Bertz CT molecular complexity index is 1430. The molecule has 2 aromatic carbocycles. The largest absolute Gasteiger partial charge is 0.465 e. The Morgan fingerprint density at radius 1 is 1.06 bits per heavy atom. The number of rotatable bonds is 7. The summed E-state index contributed by atoms with van der Waals surface area (Å²) in [4.78, 5) is 50.7. The number of hydrogen-bond acceptors (Lipinski definition) is 7. The van der Waals surface area contributed by atoms with Gasteiger partial charge in [0.2, 0.25) is 5.78 Å². The lowest BCUT2D eigenvalue weighted by Crippen LogP contribution is -2.44. The molecule has 0 atom stereocenters. The number of anilines is 1. The lowest BCUT2D eigenvalue weighted by molar-refractivity contribution is 0.0600. The second-order valence-electron chi connectivity index (χ2n) is 7.28. The lowest BCUT2D eigenvalue weighted by Gasteiger charge is -2.15. The van der Waals surface area contributed by atoms with E-state index in [9.17, 15) is 24.4 Å². The highest BCUT2D eigenvalue weighted by Crippen LogP contribution is 2.16. The zero-order valence-corrected chi connectivity index (χ0v) is 18.6. The standard InChI is InChI=1S/C25H22N4O5/c1-3-28-23(31)20(22(27)29(25(28)33)15-17-7-5-4-6-8-17)21(30)19(14-26)13-16-9-11-18(12-10-16)24(32)34-2/h4-13H,3,15,27H2,1-2H3. The monoisotopic (exact) mass is 458 g/mol. The molecule has 3 rings (SSSR count). The van der Waals surface area contributed by atoms with Crippen LogP contribution >= 0.6 is 0 Å². The van der Waals surface area contributed by atoms with Crippen LogP contribution in [0.5, 0.6) is 0 Å². The third kappa shape index (κ3) is 4.71. The number of nitrogens with two attached hydrogens (primary N) is 1. The molecule has 0 saturated carbocycles. The fourth-order valence-corrected chi connectivity index (χ4v) is 3.41. The number of benzene rings is 2. The van der Waals surface area contributed by atoms with E-state index < -0.39 is 28.6 Å². The van der Waals surface area contributed by atoms with Crippen LogP contribution in [0.4, 0.5) is 5.82 Å². The molecule has 9 heteroatoms. The number of nitriles is 1. The molecule has 0 unspecified atom stereocenters. The maximum absolute atomic E-state index is 13.3. The number of nitrogen functional groups attached to an aromatic ring is 1. The van der Waals surface area contributed by atoms with Crippen LogP contribution in [0.25, 0.3) is 6.08 Å². The van der Waals surface area contributed by atoms with Gasteiger partial charge in [-0.25, -0.2) is 9.59 Å². The van der Waals surface area contributed by atoms with E-state index in [0.717, 1.165) is 14.7 Å². The predicted molar refractivity (Wildman–Crippen MR) is 126 cm³/mol. The van der Waals surface area contributed by atoms with Crippen molar-refractivity contribution in [2.45, 2.75) is 20.0 Å². The zero-order chi connectivity index (χ0) is 24.8. The Labute approximate surface area is 194 Å². The number of methoxy groups -OCH3 is 1. The summed E-state index contributed by atoms with van der Waals surface area (Å²) < 4.78 is 6.70. The highest BCUT2D eigenvalue weighted by Gasteiger charge is 2.25. The highest BCUT2D eigenvalue weighted by atomic mass is 16.5. The number of ether oxygens (including phenoxy) is 1. The van der Waals surface area contributed by atoms with Gasteiger partial charge in [0.05, 0.1) is 19.2 Å². The normalized spacial score (nSPS) is 11.0. The molecule has 0 aliphatic rings. The molecule has 0 amide bonds. The highest BCUT2D eigenvalue weighted by molar-refractivity contribution is 6.16. The van der Waals surface area contributed by atoms with E-state index in [0.29, 0.717) is 11.1 Å². The van der Waals surface area contributed by atoms with E-state index in [1.54, 1.807) is 37.3 Å². The number of hydrogen-bond donors (Lipinski definition) is 1. The maximum atomic E-state index is 13.3. The number of carbonyl (C=O) groups is 2. The lowest BCUT2D eigenvalue weighted by atomic mass is 10.0. The van der Waals surface area contributed by atoms with Gasteiger partial charge in [0.25, 0.3) is 5.56 Å². The Hall–Kier alpha value is -4.71. The second-order valence-corrected chi connectivity index (χ2v) is 7.28. The molecular formula is C25H22N4O5. The average molecular weight is 458 g/mol. The number of allylic oxidation sites excluding steroid dienone is 1. The summed E-state index contributed by atoms with van der Waals surface area (Å²) >= 11 is 0. The van der Waals surface area contributed by atoms with Gasteiger partial charge in [-0.05, 0) is 36.3 Å². The minimum absolute atomic E-state index is 0.0214. The van der Waals surface area contributed by atoms with Crippen LogP contribution in [0.15, 0.2) is 69.8 Å². The van der Waals surface area contributed by atoms with Crippen LogP contribution in [0, 0.1) is 11.3 Å². The molecule has 1 aromatic heterocycles. The van der Waals surface area contributed by atoms with E-state index in [-0.39, 0.29) is 24.5 Å². The molecular weight excluding hydrogens is 436 g/mol. The molecule has 3 aromatic rings. The van der Waals surface area contributed by atoms with Gasteiger partial charge in [0.1, 0.15) is 23.0 Å². The maximum Gasteiger partial charge on any atom is 0.337 e. The Balaban J connectivity index is 2.11. The quantitative estimate of drug-likeness (QED) is 0.248. The first-order valence-corrected chi connectivity index (χ1v) is 10.3. The fraction of sp³-hybridized carbons (Fsp3) is 0.160. The summed E-state index contributed by atoms with van der Waals surface area (Å²) in [6.07, 6.45) is 1.28. The summed E-state index contributed by atoms with van der Waals surface area (Å²) in [5.41, 5.74) is 5.35. The Morgan fingerprint density at radius 2 is 1.71 bits per heavy atom. The van der Waals surface area contributed by atoms with Crippen molar-refractivity contribution in [1.82, 2.24) is 9.13 Å². The van der Waals surface area contributed by atoms with Crippen molar-refractivity contribution in [2.75, 3.05) is 12.8 Å². The van der Waals surface area contributed by atoms with Crippen LogP contribution in [0.2, 0.25) is 0 Å². The molecule has 0 saturated heterocycles. The number of nitrogens with zero attached hydrogens (tertiary/aromatic N) is 3. The van der Waals surface area contributed by atoms with Crippen molar-refractivity contribution >= 4 is 23.6 Å². The van der Waals surface area contributed by atoms with Gasteiger partial charge < -0.3 is 10.5 Å². The third-order valence-electron chi connectivity index (χ3n) is 5.20. The predicted octanol–water partition coefficient (Wildman–Crippen LogP) is 2.24. The zero-order valence-electron chi connectivity index (χ0n) is 18.6. The Morgan fingerprint density at radius 3 is 2.26 bits per heavy atom. The first-order chi connectivity index (χ1) is 16.3. The van der Waals surface area contributed by atoms with E-state index >= 15 is 0 Å². The first-order valence-electron chi connectivity index (χ1n) is 10.3. The molecule has 0 spiro atoms. The number of ketones is 1. The molecule has 0 aliphatic heterocycles. The van der Waals surface area contributed by atoms with Gasteiger partial charge >= 0.3 is 11.7 Å². The minimum Gasteiger partial charge on any atom is -0.465 e. The summed E-state index contributed by atoms with van der Waals surface area (Å²) in [6, 6.07) is 16.8. The van der Waals surface area contributed by atoms with E-state index in [1.165, 1.54) is 37.5 Å². The molecule has 0 radical (unpaired) electrons. The molecule has 9 nitrogen and oxygen atoms in total. The molecule has 1 heterocycles. The van der Waals surface area contributed by atoms with Crippen LogP contribution in [0.3, 0.4) is 0 Å². The average Bonchev–Trinajstić information content (AvgIpc) is 2.85. The summed E-state index contributed by atoms with van der Waals surface area (Å²) in [6.45, 7) is 1.67. The number of carbonyl (C=O) groups excluding carboxylic acids is 2. The Kier molecular flexibility index (Phi) is 7.23. The summed E-state index contributed by atoms with van der Waals surface area (Å²) in [5.74, 6) is -1.73. The van der Waals surface area contributed by atoms with Crippen LogP contribution in [-0.4, -0.2) is 28.0 Å². The van der Waals surface area contributed by atoms with Crippen LogP contribution in [0.1, 0.15) is 38.8 Å². The van der Waals surface area contributed by atoms with E-state index in [2.05, 4.69) is 4.74 Å². The number of esters is 1. The van der Waals surface area contributed by atoms with Crippen molar-refractivity contribution in [3.8, 4) is 6.07 Å². The SMILES string of the molecule is CCn1c(=O)c(C(=O)C(C#N)=Cc2ccc(C(=O)OC)cc2)c(N)n(Cc2ccccc2)c1=O. The van der Waals surface area contributed by atoms with Crippen molar-refractivity contribution in [3.63, 3.8) is 0 Å². The fourth-order valence-electron chi connectivity index (χ4n) is 3.41. The summed E-state index contributed by atoms with van der Waals surface area (Å²) in [7, 11) is 1.26. The topological polar surface area (TPSA) is 137 Å². The first kappa shape index (κ1) is 23.9. The molecule has 34 heavy (non-hydrogen) atoms. The molecule has 0 bridgehead atoms. The van der Waals surface area contributed by atoms with Gasteiger partial charge in [-0.15, -0.1) is 0 Å². The van der Waals surface area contributed by atoms with Gasteiger partial charge in [-0.1, -0.05) is 42.5 Å². The molecule has 0 fully saturated rings. The van der Waals surface area contributed by atoms with E-state index in [4.69, 9.17) is 5.73 Å². The molecule has 2 N–H and O–H groups in total. The third-order valence-corrected chi connectivity index (χ3v) is 5.20. The number of aromatic nitrogens is 2. The number of Topliss-reactive ketones (excluding diaryl/α,β-unsaturated/α-hetero) is 1. The minimum atomic E-state index is -0.897. The van der Waals surface area contributed by atoms with Crippen LogP contribution < -0.4 is 17.0 Å². The summed E-state index contributed by atoms with van der Waals surface area (Å²) in [5, 5.41) is 9.64.